The first kappa shape index (κ1) is 11.4. The first-order valence-corrected chi connectivity index (χ1v) is 3.84. The van der Waals surface area contributed by atoms with Gasteiger partial charge in [0.05, 0.1) is 17.1 Å². The van der Waals surface area contributed by atoms with Crippen LogP contribution in [-0.2, 0) is 0 Å². The highest BCUT2D eigenvalue weighted by Crippen LogP contribution is 2.13. The van der Waals surface area contributed by atoms with E-state index in [1.807, 2.05) is 0 Å². The third kappa shape index (κ3) is 3.51. The number of nitrogens with zero attached hydrogens (tertiary/aromatic N) is 1. The van der Waals surface area contributed by atoms with Crippen molar-refractivity contribution in [3.63, 3.8) is 0 Å². The Labute approximate surface area is 78.9 Å². The lowest BCUT2D eigenvalue weighted by Gasteiger charge is -2.05. The van der Waals surface area contributed by atoms with Crippen LogP contribution in [0.1, 0.15) is 13.3 Å². The molecule has 0 unspecified atom stereocenters. The monoisotopic (exact) mass is 177 g/mol. The molecule has 0 aliphatic rings. The van der Waals surface area contributed by atoms with Crippen LogP contribution in [0.3, 0.4) is 0 Å². The smallest absolute Gasteiger partial charge is 0.0744 e. The molecule has 0 amide bonds. The van der Waals surface area contributed by atoms with Crippen molar-refractivity contribution in [2.75, 3.05) is 0 Å². The highest BCUT2D eigenvalue weighted by Gasteiger charge is 2.03. The minimum atomic E-state index is 0.291. The average Bonchev–Trinajstić information content (AvgIpc) is 2.12. The van der Waals surface area contributed by atoms with Gasteiger partial charge in [-0.25, -0.2) is 0 Å². The standard InChI is InChI=1S/C10H15N3/c1-5-7(2)6-9(13-4)10(12)8(3)11/h5,11H,1-2,4,6,12H2,3H3/b10-9+,11-8?. The summed E-state index contributed by atoms with van der Waals surface area (Å²) in [5.41, 5.74) is 7.66. The van der Waals surface area contributed by atoms with E-state index in [1.54, 1.807) is 13.0 Å². The van der Waals surface area contributed by atoms with E-state index in [2.05, 4.69) is 24.9 Å². The topological polar surface area (TPSA) is 62.2 Å². The van der Waals surface area contributed by atoms with Crippen LogP contribution in [0.15, 0.2) is 41.2 Å². The molecule has 3 heteroatoms. The van der Waals surface area contributed by atoms with Crippen molar-refractivity contribution in [3.8, 4) is 0 Å². The summed E-state index contributed by atoms with van der Waals surface area (Å²) in [6.45, 7) is 12.3. The van der Waals surface area contributed by atoms with Crippen molar-refractivity contribution < 1.29 is 0 Å². The Morgan fingerprint density at radius 2 is 2.15 bits per heavy atom. The van der Waals surface area contributed by atoms with E-state index >= 15 is 0 Å². The molecule has 70 valence electrons. The Hall–Kier alpha value is -1.64. The Morgan fingerprint density at radius 1 is 1.62 bits per heavy atom. The van der Waals surface area contributed by atoms with Crippen LogP contribution in [0.4, 0.5) is 0 Å². The van der Waals surface area contributed by atoms with Gasteiger partial charge in [0.15, 0.2) is 0 Å². The maximum atomic E-state index is 7.31. The van der Waals surface area contributed by atoms with Gasteiger partial charge in [0.2, 0.25) is 0 Å². The Kier molecular flexibility index (Phi) is 4.44. The van der Waals surface area contributed by atoms with Gasteiger partial charge in [-0.2, -0.15) is 0 Å². The zero-order valence-corrected chi connectivity index (χ0v) is 7.93. The van der Waals surface area contributed by atoms with Crippen molar-refractivity contribution in [1.82, 2.24) is 0 Å². The molecule has 0 aliphatic heterocycles. The summed E-state index contributed by atoms with van der Waals surface area (Å²) in [5, 5.41) is 7.31. The van der Waals surface area contributed by atoms with E-state index in [9.17, 15) is 0 Å². The quantitative estimate of drug-likeness (QED) is 0.490. The molecule has 0 fully saturated rings. The number of hydrogen-bond acceptors (Lipinski definition) is 3. The molecule has 0 aromatic heterocycles. The number of aliphatic imine (C=N–C) groups is 1. The molecule has 0 rings (SSSR count). The van der Waals surface area contributed by atoms with Crippen LogP contribution in [-0.4, -0.2) is 12.4 Å². The van der Waals surface area contributed by atoms with Crippen molar-refractivity contribution in [2.24, 2.45) is 10.7 Å². The van der Waals surface area contributed by atoms with Crippen molar-refractivity contribution in [3.05, 3.63) is 36.2 Å². The number of nitrogens with one attached hydrogen (secondary N) is 1. The molecule has 0 aliphatic carbocycles. The number of rotatable bonds is 5. The first-order valence-electron chi connectivity index (χ1n) is 3.84. The lowest BCUT2D eigenvalue weighted by Crippen LogP contribution is -2.09. The maximum Gasteiger partial charge on any atom is 0.0744 e. The molecule has 0 spiro atoms. The highest BCUT2D eigenvalue weighted by atomic mass is 14.8. The minimum absolute atomic E-state index is 0.291. The molecule has 0 radical (unpaired) electrons. The van der Waals surface area contributed by atoms with E-state index in [1.165, 1.54) is 0 Å². The van der Waals surface area contributed by atoms with Gasteiger partial charge in [0, 0.05) is 6.42 Å². The second-order valence-corrected chi connectivity index (χ2v) is 2.68. The second kappa shape index (κ2) is 5.09. The molecule has 0 aromatic carbocycles. The molecular formula is C10H15N3. The SMILES string of the molecule is C=CC(=C)C/C(N=C)=C(\N)C(C)=N. The van der Waals surface area contributed by atoms with Gasteiger partial charge in [-0.1, -0.05) is 19.2 Å². The fourth-order valence-corrected chi connectivity index (χ4v) is 0.740. The fraction of sp³-hybridized carbons (Fsp3) is 0.200. The Morgan fingerprint density at radius 3 is 2.46 bits per heavy atom. The normalized spacial score (nSPS) is 11.5. The summed E-state index contributed by atoms with van der Waals surface area (Å²) in [7, 11) is 0. The predicted molar refractivity (Wildman–Crippen MR) is 58.1 cm³/mol. The van der Waals surface area contributed by atoms with Crippen LogP contribution in [0, 0.1) is 5.41 Å². The highest BCUT2D eigenvalue weighted by molar-refractivity contribution is 5.95. The molecular weight excluding hydrogens is 162 g/mol. The third-order valence-corrected chi connectivity index (χ3v) is 1.59. The van der Waals surface area contributed by atoms with Gasteiger partial charge in [-0.3, -0.25) is 4.99 Å². The van der Waals surface area contributed by atoms with E-state index in [0.717, 1.165) is 5.57 Å². The summed E-state index contributed by atoms with van der Waals surface area (Å²) in [4.78, 5) is 3.75. The summed E-state index contributed by atoms with van der Waals surface area (Å²) in [6, 6.07) is 0. The molecule has 0 aromatic rings. The zero-order valence-electron chi connectivity index (χ0n) is 7.93. The molecule has 0 saturated carbocycles. The summed E-state index contributed by atoms with van der Waals surface area (Å²) in [5.74, 6) is 0. The van der Waals surface area contributed by atoms with Gasteiger partial charge in [-0.15, -0.1) is 0 Å². The van der Waals surface area contributed by atoms with Gasteiger partial charge in [0.1, 0.15) is 0 Å². The van der Waals surface area contributed by atoms with Crippen LogP contribution < -0.4 is 5.73 Å². The van der Waals surface area contributed by atoms with Gasteiger partial charge in [0.25, 0.3) is 0 Å². The fourth-order valence-electron chi connectivity index (χ4n) is 0.740. The van der Waals surface area contributed by atoms with Crippen molar-refractivity contribution in [2.45, 2.75) is 13.3 Å². The lowest BCUT2D eigenvalue weighted by molar-refractivity contribution is 1.09. The molecule has 0 bridgehead atoms. The molecule has 3 nitrogen and oxygen atoms in total. The molecule has 3 N–H and O–H groups in total. The van der Waals surface area contributed by atoms with E-state index < -0.39 is 0 Å². The lowest BCUT2D eigenvalue weighted by atomic mass is 10.1. The number of allylic oxidation sites excluding steroid dienone is 3. The van der Waals surface area contributed by atoms with E-state index in [0.29, 0.717) is 23.5 Å². The van der Waals surface area contributed by atoms with Crippen LogP contribution >= 0.6 is 0 Å². The van der Waals surface area contributed by atoms with Gasteiger partial charge >= 0.3 is 0 Å². The summed E-state index contributed by atoms with van der Waals surface area (Å²) in [6.07, 6.45) is 2.13. The second-order valence-electron chi connectivity index (χ2n) is 2.68. The first-order chi connectivity index (χ1) is 6.02. The average molecular weight is 177 g/mol. The van der Waals surface area contributed by atoms with Gasteiger partial charge in [-0.05, 0) is 19.2 Å². The maximum absolute atomic E-state index is 7.31. The van der Waals surface area contributed by atoms with E-state index in [4.69, 9.17) is 11.1 Å². The van der Waals surface area contributed by atoms with Crippen LogP contribution in [0.5, 0.6) is 0 Å². The third-order valence-electron chi connectivity index (χ3n) is 1.59. The Bertz CT molecular complexity index is 285. The largest absolute Gasteiger partial charge is 0.396 e. The van der Waals surface area contributed by atoms with Crippen LogP contribution in [0.25, 0.3) is 0 Å². The van der Waals surface area contributed by atoms with Gasteiger partial charge < -0.3 is 11.1 Å². The number of nitrogens with two attached hydrogens (primary N) is 1. The molecule has 13 heavy (non-hydrogen) atoms. The van der Waals surface area contributed by atoms with Crippen LogP contribution in [0.2, 0.25) is 0 Å². The van der Waals surface area contributed by atoms with Crippen molar-refractivity contribution in [1.29, 1.82) is 5.41 Å². The predicted octanol–water partition coefficient (Wildman–Crippen LogP) is 2.03. The number of hydrogen-bond donors (Lipinski definition) is 2. The summed E-state index contributed by atoms with van der Waals surface area (Å²) < 4.78 is 0. The molecule has 0 heterocycles. The minimum Gasteiger partial charge on any atom is -0.396 e. The molecule has 0 atom stereocenters. The molecule has 0 saturated heterocycles. The van der Waals surface area contributed by atoms with E-state index in [-0.39, 0.29) is 0 Å². The Balaban J connectivity index is 4.79. The zero-order chi connectivity index (χ0) is 10.4. The summed E-state index contributed by atoms with van der Waals surface area (Å²) >= 11 is 0. The van der Waals surface area contributed by atoms with Crippen molar-refractivity contribution >= 4 is 12.4 Å².